The molecular formula is C15H18Cl2N2S. The van der Waals surface area contributed by atoms with Crippen LogP contribution in [0.2, 0.25) is 5.02 Å². The molecule has 2 nitrogen and oxygen atoms in total. The Labute approximate surface area is 133 Å². The van der Waals surface area contributed by atoms with Crippen LogP contribution in [-0.2, 0) is 6.54 Å². The Morgan fingerprint density at radius 1 is 1.45 bits per heavy atom. The van der Waals surface area contributed by atoms with E-state index in [-0.39, 0.29) is 5.38 Å². The highest BCUT2D eigenvalue weighted by molar-refractivity contribution is 7.99. The summed E-state index contributed by atoms with van der Waals surface area (Å²) in [6.45, 7) is 2.95. The van der Waals surface area contributed by atoms with E-state index in [0.717, 1.165) is 23.4 Å². The third-order valence-electron chi connectivity index (χ3n) is 3.78. The number of thioether (sulfide) groups is 1. The smallest absolute Gasteiger partial charge is 0.127 e. The minimum Gasteiger partial charge on any atom is -0.326 e. The average Bonchev–Trinajstić information content (AvgIpc) is 2.81. The van der Waals surface area contributed by atoms with Gasteiger partial charge in [-0.05, 0) is 37.7 Å². The second-order valence-corrected chi connectivity index (χ2v) is 7.76. The highest BCUT2D eigenvalue weighted by Gasteiger charge is 2.21. The molecule has 0 N–H and O–H groups in total. The van der Waals surface area contributed by atoms with E-state index < -0.39 is 0 Å². The lowest BCUT2D eigenvalue weighted by atomic mass is 10.2. The quantitative estimate of drug-likeness (QED) is 0.714. The van der Waals surface area contributed by atoms with Crippen LogP contribution in [0.15, 0.2) is 18.2 Å². The fourth-order valence-corrected chi connectivity index (χ4v) is 4.45. The Bertz CT molecular complexity index is 603. The van der Waals surface area contributed by atoms with Crippen LogP contribution in [0.1, 0.15) is 37.4 Å². The zero-order valence-corrected chi connectivity index (χ0v) is 13.8. The van der Waals surface area contributed by atoms with Crippen LogP contribution in [-0.4, -0.2) is 20.6 Å². The summed E-state index contributed by atoms with van der Waals surface area (Å²) in [6, 6.07) is 5.96. The Kier molecular flexibility index (Phi) is 4.49. The first kappa shape index (κ1) is 14.6. The van der Waals surface area contributed by atoms with Crippen LogP contribution < -0.4 is 0 Å². The highest BCUT2D eigenvalue weighted by Crippen LogP contribution is 2.32. The van der Waals surface area contributed by atoms with Gasteiger partial charge >= 0.3 is 0 Å². The third-order valence-corrected chi connectivity index (χ3v) is 5.66. The number of fused-ring (bicyclic) bond motifs is 1. The SMILES string of the molecule is CC(Cl)c1nc2c(Cl)cccc2n1CC1CCCCS1. The monoisotopic (exact) mass is 328 g/mol. The average molecular weight is 329 g/mol. The van der Waals surface area contributed by atoms with E-state index in [1.807, 2.05) is 19.1 Å². The van der Waals surface area contributed by atoms with Gasteiger partial charge in [-0.15, -0.1) is 11.6 Å². The molecule has 0 bridgehead atoms. The molecule has 2 aromatic rings. The fraction of sp³-hybridized carbons (Fsp3) is 0.533. The van der Waals surface area contributed by atoms with Crippen LogP contribution in [0, 0.1) is 0 Å². The molecule has 1 saturated heterocycles. The molecule has 1 aromatic heterocycles. The van der Waals surface area contributed by atoms with Gasteiger partial charge < -0.3 is 4.57 Å². The van der Waals surface area contributed by atoms with Gasteiger partial charge in [0.1, 0.15) is 11.3 Å². The number of nitrogens with zero attached hydrogens (tertiary/aromatic N) is 2. The van der Waals surface area contributed by atoms with E-state index in [2.05, 4.69) is 27.4 Å². The molecule has 1 aliphatic rings. The summed E-state index contributed by atoms with van der Waals surface area (Å²) in [6.07, 6.45) is 3.95. The number of hydrogen-bond donors (Lipinski definition) is 0. The second-order valence-electron chi connectivity index (χ2n) is 5.29. The molecule has 3 rings (SSSR count). The van der Waals surface area contributed by atoms with Crippen LogP contribution in [0.25, 0.3) is 11.0 Å². The Hall–Kier alpha value is -0.380. The van der Waals surface area contributed by atoms with Gasteiger partial charge in [0.05, 0.1) is 15.9 Å². The maximum absolute atomic E-state index is 6.32. The largest absolute Gasteiger partial charge is 0.326 e. The summed E-state index contributed by atoms with van der Waals surface area (Å²) >= 11 is 14.7. The summed E-state index contributed by atoms with van der Waals surface area (Å²) in [5.74, 6) is 2.20. The number of rotatable bonds is 3. The molecule has 2 heterocycles. The lowest BCUT2D eigenvalue weighted by Crippen LogP contribution is -2.18. The summed E-state index contributed by atoms with van der Waals surface area (Å²) in [5.41, 5.74) is 1.98. The Morgan fingerprint density at radius 3 is 3.00 bits per heavy atom. The lowest BCUT2D eigenvalue weighted by Gasteiger charge is -2.23. The third kappa shape index (κ3) is 2.81. The Balaban J connectivity index is 2.02. The van der Waals surface area contributed by atoms with Crippen molar-refractivity contribution in [1.29, 1.82) is 0 Å². The van der Waals surface area contributed by atoms with Crippen LogP contribution in [0.5, 0.6) is 0 Å². The predicted octanol–water partition coefficient (Wildman–Crippen LogP) is 5.28. The summed E-state index contributed by atoms with van der Waals surface area (Å²) in [7, 11) is 0. The minimum absolute atomic E-state index is 0.105. The van der Waals surface area contributed by atoms with E-state index in [1.54, 1.807) is 0 Å². The van der Waals surface area contributed by atoms with Crippen molar-refractivity contribution in [3.8, 4) is 0 Å². The van der Waals surface area contributed by atoms with Crippen molar-refractivity contribution >= 4 is 46.0 Å². The molecule has 1 fully saturated rings. The molecule has 2 unspecified atom stereocenters. The van der Waals surface area contributed by atoms with Crippen molar-refractivity contribution in [3.63, 3.8) is 0 Å². The molecule has 0 spiro atoms. The van der Waals surface area contributed by atoms with E-state index in [9.17, 15) is 0 Å². The number of halogens is 2. The molecule has 1 aliphatic heterocycles. The first-order valence-electron chi connectivity index (χ1n) is 7.07. The van der Waals surface area contributed by atoms with Crippen LogP contribution in [0.3, 0.4) is 0 Å². The van der Waals surface area contributed by atoms with Crippen molar-refractivity contribution in [2.45, 2.75) is 43.4 Å². The second kappa shape index (κ2) is 6.17. The molecule has 5 heteroatoms. The van der Waals surface area contributed by atoms with Gasteiger partial charge in [0.15, 0.2) is 0 Å². The topological polar surface area (TPSA) is 17.8 Å². The number of alkyl halides is 1. The molecule has 0 saturated carbocycles. The van der Waals surface area contributed by atoms with Crippen LogP contribution in [0.4, 0.5) is 0 Å². The molecule has 0 radical (unpaired) electrons. The standard InChI is InChI=1S/C15H18Cl2N2S/c1-10(16)15-18-14-12(17)6-4-7-13(14)19(15)9-11-5-2-3-8-20-11/h4,6-7,10-11H,2-3,5,8-9H2,1H3. The molecular weight excluding hydrogens is 311 g/mol. The number of imidazole rings is 1. The Morgan fingerprint density at radius 2 is 2.30 bits per heavy atom. The normalized spacial score (nSPS) is 21.2. The van der Waals surface area contributed by atoms with Crippen LogP contribution >= 0.6 is 35.0 Å². The van der Waals surface area contributed by atoms with Crippen molar-refractivity contribution in [1.82, 2.24) is 9.55 Å². The maximum Gasteiger partial charge on any atom is 0.127 e. The first-order valence-corrected chi connectivity index (χ1v) is 8.93. The van der Waals surface area contributed by atoms with E-state index in [1.165, 1.54) is 25.0 Å². The highest BCUT2D eigenvalue weighted by atomic mass is 35.5. The van der Waals surface area contributed by atoms with Gasteiger partial charge in [0.25, 0.3) is 0 Å². The van der Waals surface area contributed by atoms with Crippen molar-refractivity contribution in [2.24, 2.45) is 0 Å². The van der Waals surface area contributed by atoms with Gasteiger partial charge in [0.2, 0.25) is 0 Å². The predicted molar refractivity (Wildman–Crippen MR) is 89.1 cm³/mol. The lowest BCUT2D eigenvalue weighted by molar-refractivity contribution is 0.575. The van der Waals surface area contributed by atoms with Crippen molar-refractivity contribution in [3.05, 3.63) is 29.0 Å². The molecule has 0 aliphatic carbocycles. The summed E-state index contributed by atoms with van der Waals surface area (Å²) in [4.78, 5) is 4.67. The van der Waals surface area contributed by atoms with E-state index >= 15 is 0 Å². The van der Waals surface area contributed by atoms with Gasteiger partial charge in [-0.1, -0.05) is 24.1 Å². The molecule has 0 amide bonds. The minimum atomic E-state index is -0.105. The fourth-order valence-electron chi connectivity index (χ4n) is 2.78. The zero-order chi connectivity index (χ0) is 14.1. The zero-order valence-electron chi connectivity index (χ0n) is 11.5. The van der Waals surface area contributed by atoms with Gasteiger partial charge in [-0.3, -0.25) is 0 Å². The number of benzene rings is 1. The number of hydrogen-bond acceptors (Lipinski definition) is 2. The maximum atomic E-state index is 6.32. The number of aromatic nitrogens is 2. The summed E-state index contributed by atoms with van der Waals surface area (Å²) < 4.78 is 2.27. The van der Waals surface area contributed by atoms with Gasteiger partial charge in [-0.2, -0.15) is 11.8 Å². The molecule has 108 valence electrons. The molecule has 20 heavy (non-hydrogen) atoms. The first-order chi connectivity index (χ1) is 9.66. The summed E-state index contributed by atoms with van der Waals surface area (Å²) in [5, 5.41) is 1.26. The van der Waals surface area contributed by atoms with E-state index in [4.69, 9.17) is 23.2 Å². The molecule has 2 atom stereocenters. The van der Waals surface area contributed by atoms with Gasteiger partial charge in [-0.25, -0.2) is 4.98 Å². The van der Waals surface area contributed by atoms with Crippen molar-refractivity contribution < 1.29 is 0 Å². The molecule has 1 aromatic carbocycles. The van der Waals surface area contributed by atoms with E-state index in [0.29, 0.717) is 10.3 Å². The number of para-hydroxylation sites is 1. The van der Waals surface area contributed by atoms with Crippen molar-refractivity contribution in [2.75, 3.05) is 5.75 Å². The van der Waals surface area contributed by atoms with Gasteiger partial charge in [0, 0.05) is 11.8 Å².